The lowest BCUT2D eigenvalue weighted by atomic mass is 10.3. The van der Waals surface area contributed by atoms with Gasteiger partial charge in [-0.25, -0.2) is 4.98 Å². The molecule has 26 heavy (non-hydrogen) atoms. The number of amides is 1. The molecule has 0 saturated carbocycles. The second kappa shape index (κ2) is 8.37. The van der Waals surface area contributed by atoms with E-state index >= 15 is 0 Å². The van der Waals surface area contributed by atoms with Crippen LogP contribution in [0.3, 0.4) is 0 Å². The van der Waals surface area contributed by atoms with Crippen LogP contribution in [0.15, 0.2) is 42.5 Å². The molecule has 0 spiro atoms. The number of benzene rings is 2. The molecule has 0 fully saturated rings. The molecule has 0 unspecified atom stereocenters. The molecule has 0 aliphatic heterocycles. The largest absolute Gasteiger partial charge is 0.433 e. The average Bonchev–Trinajstić information content (AvgIpc) is 2.99. The van der Waals surface area contributed by atoms with E-state index in [9.17, 15) is 13.6 Å². The minimum atomic E-state index is -2.96. The number of nitrogens with one attached hydrogen (secondary N) is 2. The van der Waals surface area contributed by atoms with Crippen molar-refractivity contribution in [2.45, 2.75) is 12.4 Å². The van der Waals surface area contributed by atoms with E-state index in [0.717, 1.165) is 16.9 Å². The summed E-state index contributed by atoms with van der Waals surface area (Å²) in [6.45, 7) is -2.96. The molecule has 2 N–H and O–H groups in total. The number of imidazole rings is 1. The highest BCUT2D eigenvalue weighted by Crippen LogP contribution is 2.29. The Labute approximate surface area is 157 Å². The molecule has 0 bridgehead atoms. The van der Waals surface area contributed by atoms with Gasteiger partial charge < -0.3 is 15.0 Å². The number of hydrogen-bond donors (Lipinski definition) is 2. The van der Waals surface area contributed by atoms with Crippen LogP contribution in [0.1, 0.15) is 5.82 Å². The van der Waals surface area contributed by atoms with E-state index in [2.05, 4.69) is 20.0 Å². The number of anilines is 1. The van der Waals surface area contributed by atoms with Gasteiger partial charge in [-0.1, -0.05) is 23.7 Å². The van der Waals surface area contributed by atoms with Gasteiger partial charge in [0.25, 0.3) is 0 Å². The lowest BCUT2D eigenvalue weighted by Crippen LogP contribution is -2.14. The maximum atomic E-state index is 12.2. The number of thioether (sulfide) groups is 1. The average molecular weight is 398 g/mol. The highest BCUT2D eigenvalue weighted by Gasteiger charge is 2.11. The number of rotatable bonds is 7. The third-order valence-corrected chi connectivity index (χ3v) is 4.58. The molecular weight excluding hydrogens is 384 g/mol. The monoisotopic (exact) mass is 397 g/mol. The summed E-state index contributed by atoms with van der Waals surface area (Å²) in [6.07, 6.45) is 0. The summed E-state index contributed by atoms with van der Waals surface area (Å²) in [6, 6.07) is 11.8. The maximum absolute atomic E-state index is 12.2. The number of H-pyrrole nitrogens is 1. The van der Waals surface area contributed by atoms with Crippen LogP contribution in [0.25, 0.3) is 11.0 Å². The van der Waals surface area contributed by atoms with Crippen LogP contribution in [0.5, 0.6) is 5.75 Å². The van der Waals surface area contributed by atoms with Gasteiger partial charge in [0.05, 0.1) is 27.6 Å². The molecule has 0 saturated heterocycles. The van der Waals surface area contributed by atoms with Crippen molar-refractivity contribution < 1.29 is 18.3 Å². The summed E-state index contributed by atoms with van der Waals surface area (Å²) >= 11 is 7.25. The normalized spacial score (nSPS) is 11.1. The number of para-hydroxylation sites is 2. The Kier molecular flexibility index (Phi) is 5.95. The standard InChI is InChI=1S/C17H14ClF2N3O2S/c18-11-7-10(5-6-14(11)25-17(19)20)21-16(24)9-26-8-15-22-12-3-1-2-4-13(12)23-15/h1-7,17H,8-9H2,(H,21,24)(H,22,23). The van der Waals surface area contributed by atoms with Crippen molar-refractivity contribution in [1.29, 1.82) is 0 Å². The van der Waals surface area contributed by atoms with Crippen LogP contribution in [0, 0.1) is 0 Å². The number of halogens is 3. The number of aromatic amines is 1. The fourth-order valence-electron chi connectivity index (χ4n) is 2.28. The van der Waals surface area contributed by atoms with E-state index in [1.54, 1.807) is 0 Å². The summed E-state index contributed by atoms with van der Waals surface area (Å²) in [5.74, 6) is 1.19. The third-order valence-electron chi connectivity index (χ3n) is 3.34. The van der Waals surface area contributed by atoms with Crippen LogP contribution in [-0.2, 0) is 10.5 Å². The molecule has 1 aromatic heterocycles. The van der Waals surface area contributed by atoms with Crippen LogP contribution < -0.4 is 10.1 Å². The number of nitrogens with zero attached hydrogens (tertiary/aromatic N) is 1. The molecule has 2 aromatic carbocycles. The van der Waals surface area contributed by atoms with E-state index in [-0.39, 0.29) is 22.4 Å². The quantitative estimate of drug-likeness (QED) is 0.607. The summed E-state index contributed by atoms with van der Waals surface area (Å²) in [7, 11) is 0. The summed E-state index contributed by atoms with van der Waals surface area (Å²) in [5.41, 5.74) is 2.24. The fourth-order valence-corrected chi connectivity index (χ4v) is 3.20. The van der Waals surface area contributed by atoms with Gasteiger partial charge in [0.1, 0.15) is 11.6 Å². The van der Waals surface area contributed by atoms with Crippen molar-refractivity contribution in [3.63, 3.8) is 0 Å². The van der Waals surface area contributed by atoms with Gasteiger partial charge in [-0.05, 0) is 30.3 Å². The number of alkyl halides is 2. The Bertz CT molecular complexity index is 887. The van der Waals surface area contributed by atoms with Gasteiger partial charge in [0, 0.05) is 5.69 Å². The van der Waals surface area contributed by atoms with E-state index < -0.39 is 6.61 Å². The number of carbonyl (C=O) groups is 1. The molecule has 3 rings (SSSR count). The molecule has 1 amide bonds. The van der Waals surface area contributed by atoms with E-state index in [1.165, 1.54) is 30.0 Å². The highest BCUT2D eigenvalue weighted by atomic mass is 35.5. The number of fused-ring (bicyclic) bond motifs is 1. The van der Waals surface area contributed by atoms with E-state index in [4.69, 9.17) is 11.6 Å². The predicted molar refractivity (Wildman–Crippen MR) is 99.0 cm³/mol. The molecular formula is C17H14ClF2N3O2S. The van der Waals surface area contributed by atoms with Gasteiger partial charge in [-0.2, -0.15) is 8.78 Å². The maximum Gasteiger partial charge on any atom is 0.387 e. The molecule has 0 radical (unpaired) electrons. The second-order valence-corrected chi connectivity index (χ2v) is 6.66. The van der Waals surface area contributed by atoms with Crippen molar-refractivity contribution in [3.8, 4) is 5.75 Å². The van der Waals surface area contributed by atoms with Crippen molar-refractivity contribution >= 4 is 46.0 Å². The number of ether oxygens (including phenoxy) is 1. The molecule has 0 aliphatic rings. The smallest absolute Gasteiger partial charge is 0.387 e. The van der Waals surface area contributed by atoms with E-state index in [0.29, 0.717) is 11.4 Å². The fraction of sp³-hybridized carbons (Fsp3) is 0.176. The van der Waals surface area contributed by atoms with Gasteiger partial charge in [-0.15, -0.1) is 11.8 Å². The van der Waals surface area contributed by atoms with Crippen LogP contribution in [0.4, 0.5) is 14.5 Å². The Morgan fingerprint density at radius 2 is 2.12 bits per heavy atom. The number of carbonyl (C=O) groups excluding carboxylic acids is 1. The molecule has 136 valence electrons. The van der Waals surface area contributed by atoms with Gasteiger partial charge in [0.15, 0.2) is 0 Å². The Hall–Kier alpha value is -2.32. The van der Waals surface area contributed by atoms with Crippen LogP contribution in [0.2, 0.25) is 5.02 Å². The lowest BCUT2D eigenvalue weighted by Gasteiger charge is -2.09. The predicted octanol–water partition coefficient (Wildman–Crippen LogP) is 4.69. The first-order chi connectivity index (χ1) is 12.5. The van der Waals surface area contributed by atoms with Gasteiger partial charge in [-0.3, -0.25) is 4.79 Å². The Balaban J connectivity index is 1.50. The zero-order valence-corrected chi connectivity index (χ0v) is 14.9. The molecule has 0 aliphatic carbocycles. The minimum Gasteiger partial charge on any atom is -0.433 e. The third kappa shape index (κ3) is 4.86. The lowest BCUT2D eigenvalue weighted by molar-refractivity contribution is -0.113. The van der Waals surface area contributed by atoms with Crippen molar-refractivity contribution in [2.24, 2.45) is 0 Å². The van der Waals surface area contributed by atoms with Gasteiger partial charge in [0.2, 0.25) is 5.91 Å². The Morgan fingerprint density at radius 3 is 2.85 bits per heavy atom. The summed E-state index contributed by atoms with van der Waals surface area (Å²) in [4.78, 5) is 19.6. The van der Waals surface area contributed by atoms with Crippen LogP contribution >= 0.6 is 23.4 Å². The first-order valence-corrected chi connectivity index (χ1v) is 9.10. The number of aromatic nitrogens is 2. The first kappa shape index (κ1) is 18.5. The van der Waals surface area contributed by atoms with E-state index in [1.807, 2.05) is 24.3 Å². The minimum absolute atomic E-state index is 0.00183. The molecule has 0 atom stereocenters. The second-order valence-electron chi connectivity index (χ2n) is 5.27. The van der Waals surface area contributed by atoms with Crippen molar-refractivity contribution in [1.82, 2.24) is 9.97 Å². The molecule has 3 aromatic rings. The zero-order chi connectivity index (χ0) is 18.5. The van der Waals surface area contributed by atoms with Crippen molar-refractivity contribution in [3.05, 3.63) is 53.3 Å². The zero-order valence-electron chi connectivity index (χ0n) is 13.3. The van der Waals surface area contributed by atoms with Crippen molar-refractivity contribution in [2.75, 3.05) is 11.1 Å². The first-order valence-electron chi connectivity index (χ1n) is 7.57. The SMILES string of the molecule is O=C(CSCc1nc2ccccc2[nH]1)Nc1ccc(OC(F)F)c(Cl)c1. The molecule has 9 heteroatoms. The summed E-state index contributed by atoms with van der Waals surface area (Å²) < 4.78 is 28.6. The van der Waals surface area contributed by atoms with Crippen LogP contribution in [-0.4, -0.2) is 28.2 Å². The topological polar surface area (TPSA) is 67.0 Å². The summed E-state index contributed by atoms with van der Waals surface area (Å²) in [5, 5.41) is 2.66. The highest BCUT2D eigenvalue weighted by molar-refractivity contribution is 7.99. The Morgan fingerprint density at radius 1 is 1.31 bits per heavy atom. The molecule has 1 heterocycles. The molecule has 5 nitrogen and oxygen atoms in total. The number of hydrogen-bond acceptors (Lipinski definition) is 4. The van der Waals surface area contributed by atoms with Gasteiger partial charge >= 0.3 is 6.61 Å².